The zero-order chi connectivity index (χ0) is 12.3. The van der Waals surface area contributed by atoms with Gasteiger partial charge in [-0.1, -0.05) is 29.8 Å². The molecule has 1 saturated heterocycles. The maximum absolute atomic E-state index is 5.73. The molecule has 4 nitrogen and oxygen atoms in total. The van der Waals surface area contributed by atoms with E-state index < -0.39 is 0 Å². The molecule has 1 aliphatic rings. The molecule has 0 aliphatic carbocycles. The van der Waals surface area contributed by atoms with E-state index in [0.29, 0.717) is 19.1 Å². The van der Waals surface area contributed by atoms with Crippen LogP contribution in [0, 0.1) is 6.92 Å². The molecule has 1 aromatic carbocycles. The van der Waals surface area contributed by atoms with Crippen molar-refractivity contribution in [3.63, 3.8) is 0 Å². The van der Waals surface area contributed by atoms with Gasteiger partial charge in [-0.15, -0.1) is 4.51 Å². The van der Waals surface area contributed by atoms with Gasteiger partial charge in [0.25, 0.3) is 0 Å². The van der Waals surface area contributed by atoms with Gasteiger partial charge < -0.3 is 15.4 Å². The Morgan fingerprint density at radius 2 is 2.18 bits per heavy atom. The number of ether oxygens (including phenoxy) is 1. The topological polar surface area (TPSA) is 50.8 Å². The van der Waals surface area contributed by atoms with Gasteiger partial charge in [0.15, 0.2) is 0 Å². The Hall–Kier alpha value is -1.26. The molecule has 1 heterocycles. The Balaban J connectivity index is 2.09. The molecule has 1 fully saturated rings. The van der Waals surface area contributed by atoms with Gasteiger partial charge in [-0.2, -0.15) is 0 Å². The van der Waals surface area contributed by atoms with Gasteiger partial charge in [-0.05, 0) is 12.5 Å². The van der Waals surface area contributed by atoms with E-state index in [2.05, 4.69) is 35.7 Å². The second-order valence-electron chi connectivity index (χ2n) is 4.16. The smallest absolute Gasteiger partial charge is 0.209 e. The zero-order valence-electron chi connectivity index (χ0n) is 9.77. The molecule has 0 aromatic heterocycles. The van der Waals surface area contributed by atoms with Crippen LogP contribution in [0.2, 0.25) is 0 Å². The Morgan fingerprint density at radius 3 is 2.82 bits per heavy atom. The van der Waals surface area contributed by atoms with E-state index in [1.165, 1.54) is 5.56 Å². The van der Waals surface area contributed by atoms with Crippen LogP contribution in [0.3, 0.4) is 0 Å². The molecular weight excluding hydrogens is 238 g/mol. The van der Waals surface area contributed by atoms with Crippen molar-refractivity contribution >= 4 is 17.7 Å². The Bertz CT molecular complexity index is 405. The highest BCUT2D eigenvalue weighted by atomic mass is 35.5. The number of nitrogens with zero attached hydrogens (tertiary/aromatic N) is 2. The van der Waals surface area contributed by atoms with Gasteiger partial charge in [0.05, 0.1) is 13.2 Å². The first-order valence-corrected chi connectivity index (χ1v) is 5.92. The van der Waals surface area contributed by atoms with Gasteiger partial charge in [0.2, 0.25) is 5.96 Å². The molecule has 1 atom stereocenters. The summed E-state index contributed by atoms with van der Waals surface area (Å²) >= 11 is 5.38. The first-order chi connectivity index (χ1) is 8.20. The minimum Gasteiger partial charge on any atom is -0.370 e. The van der Waals surface area contributed by atoms with Crippen LogP contribution in [0.5, 0.6) is 0 Å². The predicted octanol–water partition coefficient (Wildman–Crippen LogP) is 1.84. The number of hydrogen-bond donors (Lipinski definition) is 1. The largest absolute Gasteiger partial charge is 0.370 e. The molecular formula is C12H16ClN3O. The fourth-order valence-corrected chi connectivity index (χ4v) is 2.00. The van der Waals surface area contributed by atoms with Crippen LogP contribution in [0.1, 0.15) is 17.2 Å². The number of guanidine groups is 1. The van der Waals surface area contributed by atoms with E-state index >= 15 is 0 Å². The molecule has 0 saturated carbocycles. The zero-order valence-corrected chi connectivity index (χ0v) is 10.5. The lowest BCUT2D eigenvalue weighted by Crippen LogP contribution is -2.45. The fraction of sp³-hybridized carbons (Fsp3) is 0.417. The third-order valence-corrected chi connectivity index (χ3v) is 3.10. The van der Waals surface area contributed by atoms with Crippen LogP contribution in [-0.4, -0.2) is 30.6 Å². The van der Waals surface area contributed by atoms with Crippen molar-refractivity contribution in [2.24, 2.45) is 10.2 Å². The molecule has 1 aromatic rings. The van der Waals surface area contributed by atoms with Crippen molar-refractivity contribution in [3.05, 3.63) is 35.4 Å². The normalized spacial score (nSPS) is 21.6. The second kappa shape index (κ2) is 5.38. The second-order valence-corrected chi connectivity index (χ2v) is 4.33. The highest BCUT2D eigenvalue weighted by molar-refractivity contribution is 6.19. The first kappa shape index (κ1) is 12.2. The molecule has 0 spiro atoms. The van der Waals surface area contributed by atoms with E-state index in [4.69, 9.17) is 22.2 Å². The van der Waals surface area contributed by atoms with Crippen LogP contribution < -0.4 is 5.73 Å². The fourth-order valence-electron chi connectivity index (χ4n) is 1.89. The summed E-state index contributed by atoms with van der Waals surface area (Å²) in [7, 11) is 0. The molecule has 2 rings (SSSR count). The van der Waals surface area contributed by atoms with Gasteiger partial charge >= 0.3 is 0 Å². The molecule has 5 heteroatoms. The Kier molecular flexibility index (Phi) is 3.86. The van der Waals surface area contributed by atoms with Crippen molar-refractivity contribution in [2.75, 3.05) is 19.7 Å². The SMILES string of the molecule is Cc1ccc(C2CN(/C(N)=N\Cl)CCO2)cc1. The molecule has 17 heavy (non-hydrogen) atoms. The molecule has 0 amide bonds. The van der Waals surface area contributed by atoms with Crippen molar-refractivity contribution in [1.29, 1.82) is 0 Å². The highest BCUT2D eigenvalue weighted by Gasteiger charge is 2.22. The van der Waals surface area contributed by atoms with Crippen LogP contribution >= 0.6 is 11.8 Å². The Labute approximate surface area is 106 Å². The summed E-state index contributed by atoms with van der Waals surface area (Å²) in [6, 6.07) is 8.32. The van der Waals surface area contributed by atoms with Crippen molar-refractivity contribution in [3.8, 4) is 0 Å². The molecule has 2 N–H and O–H groups in total. The third kappa shape index (κ3) is 2.90. The lowest BCUT2D eigenvalue weighted by Gasteiger charge is -2.33. The first-order valence-electron chi connectivity index (χ1n) is 5.58. The van der Waals surface area contributed by atoms with Crippen molar-refractivity contribution in [2.45, 2.75) is 13.0 Å². The van der Waals surface area contributed by atoms with Crippen LogP contribution in [-0.2, 0) is 4.74 Å². The Morgan fingerprint density at radius 1 is 1.47 bits per heavy atom. The summed E-state index contributed by atoms with van der Waals surface area (Å²) in [6.07, 6.45) is 0.0290. The number of halogens is 1. The number of hydrogen-bond acceptors (Lipinski definition) is 2. The highest BCUT2D eigenvalue weighted by Crippen LogP contribution is 2.22. The number of rotatable bonds is 1. The molecule has 1 unspecified atom stereocenters. The van der Waals surface area contributed by atoms with E-state index in [1.54, 1.807) is 0 Å². The quantitative estimate of drug-likeness (QED) is 0.614. The summed E-state index contributed by atoms with van der Waals surface area (Å²) in [6.45, 7) is 4.11. The van der Waals surface area contributed by atoms with Gasteiger partial charge in [0.1, 0.15) is 6.10 Å². The summed E-state index contributed by atoms with van der Waals surface area (Å²) in [5, 5.41) is 0. The number of aryl methyl sites for hydroxylation is 1. The van der Waals surface area contributed by atoms with Crippen LogP contribution in [0.4, 0.5) is 0 Å². The predicted molar refractivity (Wildman–Crippen MR) is 68.9 cm³/mol. The van der Waals surface area contributed by atoms with E-state index in [9.17, 15) is 0 Å². The summed E-state index contributed by atoms with van der Waals surface area (Å²) in [5.41, 5.74) is 8.09. The third-order valence-electron chi connectivity index (χ3n) is 2.93. The monoisotopic (exact) mass is 253 g/mol. The van der Waals surface area contributed by atoms with Gasteiger partial charge in [0, 0.05) is 18.3 Å². The van der Waals surface area contributed by atoms with E-state index in [0.717, 1.165) is 12.1 Å². The van der Waals surface area contributed by atoms with Crippen molar-refractivity contribution in [1.82, 2.24) is 4.90 Å². The molecule has 0 bridgehead atoms. The minimum atomic E-state index is 0.0290. The maximum Gasteiger partial charge on any atom is 0.209 e. The summed E-state index contributed by atoms with van der Waals surface area (Å²) < 4.78 is 9.22. The summed E-state index contributed by atoms with van der Waals surface area (Å²) in [5.74, 6) is 0.354. The maximum atomic E-state index is 5.73. The van der Waals surface area contributed by atoms with Crippen LogP contribution in [0.15, 0.2) is 28.8 Å². The number of morpholine rings is 1. The standard InChI is InChI=1S/C12H16ClN3O/c1-9-2-4-10(5-3-9)11-8-16(6-7-17-11)12(14)15-13/h2-5,11H,6-8H2,1H3,(H2,14,15). The van der Waals surface area contributed by atoms with Gasteiger partial charge in [-0.25, -0.2) is 0 Å². The van der Waals surface area contributed by atoms with E-state index in [-0.39, 0.29) is 6.10 Å². The van der Waals surface area contributed by atoms with E-state index in [1.807, 2.05) is 4.90 Å². The number of benzene rings is 1. The van der Waals surface area contributed by atoms with Gasteiger partial charge in [-0.3, -0.25) is 0 Å². The minimum absolute atomic E-state index is 0.0290. The average Bonchev–Trinajstić information content (AvgIpc) is 2.39. The summed E-state index contributed by atoms with van der Waals surface area (Å²) in [4.78, 5) is 1.93. The molecule has 1 aliphatic heterocycles. The lowest BCUT2D eigenvalue weighted by molar-refractivity contribution is -0.00720. The average molecular weight is 254 g/mol. The van der Waals surface area contributed by atoms with Crippen LogP contribution in [0.25, 0.3) is 0 Å². The van der Waals surface area contributed by atoms with Crippen molar-refractivity contribution < 1.29 is 4.74 Å². The molecule has 0 radical (unpaired) electrons. The lowest BCUT2D eigenvalue weighted by atomic mass is 10.1. The number of nitrogens with two attached hydrogens (primary N) is 1. The molecule has 92 valence electrons.